The van der Waals surface area contributed by atoms with Gasteiger partial charge in [0.15, 0.2) is 0 Å². The Morgan fingerprint density at radius 1 is 1.08 bits per heavy atom. The molecule has 1 atom stereocenters. The normalized spacial score (nSPS) is 25.8. The zero-order chi connectivity index (χ0) is 17.8. The molecule has 1 aliphatic carbocycles. The molecule has 1 aromatic rings. The van der Waals surface area contributed by atoms with Gasteiger partial charge in [0.1, 0.15) is 12.4 Å². The number of nitrogens with one attached hydrogen (secondary N) is 1. The molecule has 142 valence electrons. The highest BCUT2D eigenvalue weighted by molar-refractivity contribution is 5.79. The second-order valence-electron chi connectivity index (χ2n) is 8.37. The summed E-state index contributed by atoms with van der Waals surface area (Å²) in [5, 5.41) is 3.33. The molecule has 0 aromatic heterocycles. The number of hydrogen-bond acceptors (Lipinski definition) is 3. The number of amides is 1. The van der Waals surface area contributed by atoms with E-state index in [0.717, 1.165) is 24.3 Å². The Hall–Kier alpha value is -1.55. The molecule has 3 aliphatic rings. The van der Waals surface area contributed by atoms with Crippen molar-refractivity contribution in [2.45, 2.75) is 63.3 Å². The van der Waals surface area contributed by atoms with Gasteiger partial charge in [0, 0.05) is 12.1 Å². The highest BCUT2D eigenvalue weighted by Crippen LogP contribution is 2.35. The summed E-state index contributed by atoms with van der Waals surface area (Å²) in [5.41, 5.74) is 1.35. The van der Waals surface area contributed by atoms with Crippen molar-refractivity contribution < 1.29 is 9.53 Å². The maximum Gasteiger partial charge on any atom is 0.226 e. The van der Waals surface area contributed by atoms with Crippen LogP contribution in [0.15, 0.2) is 24.3 Å². The molecule has 0 bridgehead atoms. The number of nitrogens with zero attached hydrogens (tertiary/aromatic N) is 1. The van der Waals surface area contributed by atoms with Crippen LogP contribution in [0.25, 0.3) is 0 Å². The number of fused-ring (bicyclic) bond motifs is 1. The minimum Gasteiger partial charge on any atom is -0.492 e. The first-order valence-corrected chi connectivity index (χ1v) is 10.5. The van der Waals surface area contributed by atoms with Crippen LogP contribution in [0.3, 0.4) is 0 Å². The van der Waals surface area contributed by atoms with Crippen LogP contribution in [0, 0.1) is 5.92 Å². The number of piperidine rings is 1. The number of likely N-dealkylation sites (tertiary alicyclic amines) is 1. The average Bonchev–Trinajstić information content (AvgIpc) is 2.73. The van der Waals surface area contributed by atoms with Crippen LogP contribution in [-0.4, -0.2) is 42.6 Å². The van der Waals surface area contributed by atoms with E-state index in [0.29, 0.717) is 6.61 Å². The van der Waals surface area contributed by atoms with Crippen molar-refractivity contribution in [3.05, 3.63) is 29.8 Å². The number of carbonyl (C=O) groups excluding carboxylic acids is 1. The first kappa shape index (κ1) is 17.8. The average molecular weight is 357 g/mol. The molecule has 4 nitrogen and oxygen atoms in total. The lowest BCUT2D eigenvalue weighted by Crippen LogP contribution is -2.58. The van der Waals surface area contributed by atoms with Crippen molar-refractivity contribution in [2.24, 2.45) is 5.92 Å². The number of carbonyl (C=O) groups is 1. The standard InChI is InChI=1S/C22H32N2O2/c25-21(19-15-18-9-3-4-10-20(18)26-16-19)23-17-22(11-5-1-6-12-22)24-13-7-2-8-14-24/h3-4,9-10,19H,1-2,5-8,11-17H2,(H,23,25). The van der Waals surface area contributed by atoms with E-state index in [2.05, 4.69) is 16.3 Å². The second kappa shape index (κ2) is 7.99. The summed E-state index contributed by atoms with van der Waals surface area (Å²) in [6, 6.07) is 8.09. The third-order valence-electron chi connectivity index (χ3n) is 6.65. The van der Waals surface area contributed by atoms with E-state index in [9.17, 15) is 4.79 Å². The van der Waals surface area contributed by atoms with Crippen LogP contribution >= 0.6 is 0 Å². The van der Waals surface area contributed by atoms with Gasteiger partial charge in [0.25, 0.3) is 0 Å². The van der Waals surface area contributed by atoms with E-state index in [4.69, 9.17) is 4.74 Å². The number of hydrogen-bond donors (Lipinski definition) is 1. The highest BCUT2D eigenvalue weighted by atomic mass is 16.5. The first-order chi connectivity index (χ1) is 12.8. The zero-order valence-electron chi connectivity index (χ0n) is 15.8. The smallest absolute Gasteiger partial charge is 0.226 e. The van der Waals surface area contributed by atoms with E-state index in [-0.39, 0.29) is 17.4 Å². The summed E-state index contributed by atoms with van der Waals surface area (Å²) in [5.74, 6) is 1.04. The van der Waals surface area contributed by atoms with Crippen LogP contribution in [0.2, 0.25) is 0 Å². The zero-order valence-corrected chi connectivity index (χ0v) is 15.8. The Kier molecular flexibility index (Phi) is 5.49. The molecule has 4 heteroatoms. The molecule has 1 amide bonds. The SMILES string of the molecule is O=C(NCC1(N2CCCCC2)CCCCC1)C1COc2ccccc2C1. The summed E-state index contributed by atoms with van der Waals surface area (Å²) in [7, 11) is 0. The lowest BCUT2D eigenvalue weighted by molar-refractivity contribution is -0.127. The largest absolute Gasteiger partial charge is 0.492 e. The van der Waals surface area contributed by atoms with Gasteiger partial charge in [-0.05, 0) is 56.8 Å². The van der Waals surface area contributed by atoms with Crippen molar-refractivity contribution in [1.82, 2.24) is 10.2 Å². The fourth-order valence-corrected chi connectivity index (χ4v) is 5.08. The molecule has 0 radical (unpaired) electrons. The van der Waals surface area contributed by atoms with Crippen molar-refractivity contribution in [2.75, 3.05) is 26.2 Å². The van der Waals surface area contributed by atoms with E-state index in [1.165, 1.54) is 64.5 Å². The summed E-state index contributed by atoms with van der Waals surface area (Å²) >= 11 is 0. The Morgan fingerprint density at radius 3 is 2.62 bits per heavy atom. The summed E-state index contributed by atoms with van der Waals surface area (Å²) in [4.78, 5) is 15.6. The van der Waals surface area contributed by atoms with Crippen LogP contribution in [0.5, 0.6) is 5.75 Å². The number of benzene rings is 1. The molecule has 4 rings (SSSR count). The van der Waals surface area contributed by atoms with Crippen LogP contribution < -0.4 is 10.1 Å². The lowest BCUT2D eigenvalue weighted by Gasteiger charge is -2.48. The van der Waals surface area contributed by atoms with E-state index in [1.54, 1.807) is 0 Å². The van der Waals surface area contributed by atoms with Crippen LogP contribution in [-0.2, 0) is 11.2 Å². The third kappa shape index (κ3) is 3.75. The molecule has 2 heterocycles. The Labute approximate surface area is 157 Å². The number of para-hydroxylation sites is 1. The molecule has 0 spiro atoms. The molecule has 1 aromatic carbocycles. The minimum absolute atomic E-state index is 0.0631. The Morgan fingerprint density at radius 2 is 1.81 bits per heavy atom. The maximum atomic E-state index is 12.9. The molecule has 1 N–H and O–H groups in total. The molecule has 26 heavy (non-hydrogen) atoms. The van der Waals surface area contributed by atoms with Gasteiger partial charge >= 0.3 is 0 Å². The summed E-state index contributed by atoms with van der Waals surface area (Å²) < 4.78 is 5.82. The highest BCUT2D eigenvalue weighted by Gasteiger charge is 2.39. The van der Waals surface area contributed by atoms with Gasteiger partial charge in [-0.25, -0.2) is 0 Å². The molecule has 2 aliphatic heterocycles. The quantitative estimate of drug-likeness (QED) is 0.897. The predicted octanol–water partition coefficient (Wildman–Crippen LogP) is 3.54. The van der Waals surface area contributed by atoms with Gasteiger partial charge in [-0.15, -0.1) is 0 Å². The molecule has 1 saturated heterocycles. The summed E-state index contributed by atoms with van der Waals surface area (Å²) in [6.45, 7) is 3.72. The van der Waals surface area contributed by atoms with E-state index >= 15 is 0 Å². The molecular weight excluding hydrogens is 324 g/mol. The fourth-order valence-electron chi connectivity index (χ4n) is 5.08. The molecule has 1 saturated carbocycles. The van der Waals surface area contributed by atoms with Gasteiger partial charge in [-0.1, -0.05) is 43.9 Å². The van der Waals surface area contributed by atoms with Gasteiger partial charge in [-0.3, -0.25) is 9.69 Å². The number of rotatable bonds is 4. The topological polar surface area (TPSA) is 41.6 Å². The fraction of sp³-hybridized carbons (Fsp3) is 0.682. The molecular formula is C22H32N2O2. The van der Waals surface area contributed by atoms with Gasteiger partial charge in [-0.2, -0.15) is 0 Å². The van der Waals surface area contributed by atoms with E-state index in [1.807, 2.05) is 18.2 Å². The van der Waals surface area contributed by atoms with Crippen molar-refractivity contribution in [3.8, 4) is 5.75 Å². The van der Waals surface area contributed by atoms with Gasteiger partial charge < -0.3 is 10.1 Å². The van der Waals surface area contributed by atoms with Gasteiger partial charge in [0.2, 0.25) is 5.91 Å². The Bertz CT molecular complexity index is 618. The predicted molar refractivity (Wildman–Crippen MR) is 103 cm³/mol. The maximum absolute atomic E-state index is 12.9. The monoisotopic (exact) mass is 356 g/mol. The minimum atomic E-state index is -0.0631. The van der Waals surface area contributed by atoms with Crippen LogP contribution in [0.4, 0.5) is 0 Å². The first-order valence-electron chi connectivity index (χ1n) is 10.5. The van der Waals surface area contributed by atoms with Crippen molar-refractivity contribution in [3.63, 3.8) is 0 Å². The summed E-state index contributed by atoms with van der Waals surface area (Å²) in [6.07, 6.45) is 11.2. The van der Waals surface area contributed by atoms with Crippen molar-refractivity contribution in [1.29, 1.82) is 0 Å². The third-order valence-corrected chi connectivity index (χ3v) is 6.65. The second-order valence-corrected chi connectivity index (χ2v) is 8.37. The number of ether oxygens (including phenoxy) is 1. The molecule has 2 fully saturated rings. The van der Waals surface area contributed by atoms with E-state index < -0.39 is 0 Å². The lowest BCUT2D eigenvalue weighted by atomic mass is 9.79. The van der Waals surface area contributed by atoms with Crippen LogP contribution in [0.1, 0.15) is 56.9 Å². The molecule has 1 unspecified atom stereocenters. The van der Waals surface area contributed by atoms with Gasteiger partial charge in [0.05, 0.1) is 5.92 Å². The van der Waals surface area contributed by atoms with Crippen molar-refractivity contribution >= 4 is 5.91 Å². The Balaban J connectivity index is 1.39.